The van der Waals surface area contributed by atoms with Gasteiger partial charge < -0.3 is 4.90 Å². The molecule has 0 aliphatic carbocycles. The third-order valence-corrected chi connectivity index (χ3v) is 3.90. The first-order valence-electron chi connectivity index (χ1n) is 7.25. The summed E-state index contributed by atoms with van der Waals surface area (Å²) in [7, 11) is 4.14. The van der Waals surface area contributed by atoms with Gasteiger partial charge in [0, 0.05) is 20.2 Å². The summed E-state index contributed by atoms with van der Waals surface area (Å²) in [6, 6.07) is 10.9. The molecule has 0 radical (unpaired) electrons. The van der Waals surface area contributed by atoms with Crippen molar-refractivity contribution in [1.29, 1.82) is 0 Å². The molecule has 108 valence electrons. The van der Waals surface area contributed by atoms with Crippen molar-refractivity contribution in [3.8, 4) is 5.69 Å². The van der Waals surface area contributed by atoms with Gasteiger partial charge in [0.2, 0.25) is 5.82 Å². The Morgan fingerprint density at radius 3 is 2.29 bits per heavy atom. The van der Waals surface area contributed by atoms with Crippen LogP contribution in [0.1, 0.15) is 16.7 Å². The van der Waals surface area contributed by atoms with E-state index in [1.807, 2.05) is 0 Å². The van der Waals surface area contributed by atoms with E-state index >= 15 is 0 Å². The van der Waals surface area contributed by atoms with Crippen molar-refractivity contribution < 1.29 is 4.57 Å². The molecule has 0 atom stereocenters. The standard InChI is InChI=1S/C18H22N3/c1-13-9-14(2)18(15(3)10-13)20-11-16-7-6-8-17(19(4)5)21(16)12-20/h6-12H,1-5H3/q+1. The smallest absolute Gasteiger partial charge is 0.255 e. The Hall–Kier alpha value is -2.29. The van der Waals surface area contributed by atoms with Crippen molar-refractivity contribution in [1.82, 2.24) is 4.40 Å². The lowest BCUT2D eigenvalue weighted by atomic mass is 10.1. The van der Waals surface area contributed by atoms with E-state index in [4.69, 9.17) is 0 Å². The first-order chi connectivity index (χ1) is 9.97. The number of aryl methyl sites for hydroxylation is 3. The Morgan fingerprint density at radius 2 is 1.67 bits per heavy atom. The SMILES string of the molecule is Cc1cc(C)c(-[n+]2cc3cccc(N(C)C)n3c2)c(C)c1. The molecule has 0 unspecified atom stereocenters. The zero-order valence-corrected chi connectivity index (χ0v) is 13.4. The second kappa shape index (κ2) is 4.92. The van der Waals surface area contributed by atoms with Gasteiger partial charge in [-0.3, -0.25) is 0 Å². The summed E-state index contributed by atoms with van der Waals surface area (Å²) in [6.45, 7) is 6.50. The topological polar surface area (TPSA) is 11.5 Å². The highest BCUT2D eigenvalue weighted by atomic mass is 15.2. The van der Waals surface area contributed by atoms with Gasteiger partial charge in [0.1, 0.15) is 11.9 Å². The van der Waals surface area contributed by atoms with Crippen molar-refractivity contribution in [2.24, 2.45) is 0 Å². The molecule has 0 fully saturated rings. The van der Waals surface area contributed by atoms with Crippen molar-refractivity contribution in [3.63, 3.8) is 0 Å². The van der Waals surface area contributed by atoms with E-state index in [1.54, 1.807) is 0 Å². The lowest BCUT2D eigenvalue weighted by molar-refractivity contribution is -0.594. The minimum Gasteiger partial charge on any atom is -0.345 e. The van der Waals surface area contributed by atoms with E-state index in [-0.39, 0.29) is 0 Å². The molecule has 3 rings (SSSR count). The van der Waals surface area contributed by atoms with Crippen molar-refractivity contribution in [3.05, 3.63) is 59.5 Å². The summed E-state index contributed by atoms with van der Waals surface area (Å²) >= 11 is 0. The molecule has 0 N–H and O–H groups in total. The summed E-state index contributed by atoms with van der Waals surface area (Å²) in [5, 5.41) is 0. The summed E-state index contributed by atoms with van der Waals surface area (Å²) < 4.78 is 4.45. The number of hydrogen-bond donors (Lipinski definition) is 0. The van der Waals surface area contributed by atoms with Gasteiger partial charge >= 0.3 is 0 Å². The Morgan fingerprint density at radius 1 is 1.00 bits per heavy atom. The molecule has 0 saturated heterocycles. The molecule has 3 heteroatoms. The number of nitrogens with zero attached hydrogens (tertiary/aromatic N) is 3. The Bertz CT molecular complexity index is 789. The molecule has 2 aromatic heterocycles. The number of aromatic nitrogens is 2. The fourth-order valence-electron chi connectivity index (χ4n) is 3.12. The lowest BCUT2D eigenvalue weighted by Crippen LogP contribution is -2.30. The molecule has 0 saturated carbocycles. The van der Waals surface area contributed by atoms with E-state index in [0.29, 0.717) is 0 Å². The largest absolute Gasteiger partial charge is 0.345 e. The summed E-state index contributed by atoms with van der Waals surface area (Å²) in [6.07, 6.45) is 4.35. The first kappa shape index (κ1) is 13.7. The predicted octanol–water partition coefficient (Wildman–Crippen LogP) is 3.21. The van der Waals surface area contributed by atoms with Gasteiger partial charge in [0.15, 0.2) is 5.52 Å². The van der Waals surface area contributed by atoms with E-state index < -0.39 is 0 Å². The highest BCUT2D eigenvalue weighted by Crippen LogP contribution is 2.19. The van der Waals surface area contributed by atoms with E-state index in [0.717, 1.165) is 0 Å². The van der Waals surface area contributed by atoms with Crippen molar-refractivity contribution in [2.45, 2.75) is 20.8 Å². The van der Waals surface area contributed by atoms with Gasteiger partial charge in [0.25, 0.3) is 6.33 Å². The van der Waals surface area contributed by atoms with Crippen LogP contribution >= 0.6 is 0 Å². The van der Waals surface area contributed by atoms with Crippen LogP contribution in [0.15, 0.2) is 42.9 Å². The van der Waals surface area contributed by atoms with Crippen molar-refractivity contribution in [2.75, 3.05) is 19.0 Å². The van der Waals surface area contributed by atoms with Gasteiger partial charge in [-0.25, -0.2) is 4.57 Å². The van der Waals surface area contributed by atoms with Crippen molar-refractivity contribution >= 4 is 11.3 Å². The minimum atomic E-state index is 1.17. The molecular weight excluding hydrogens is 258 g/mol. The number of hydrogen-bond acceptors (Lipinski definition) is 1. The highest BCUT2D eigenvalue weighted by molar-refractivity contribution is 5.54. The summed E-state index contributed by atoms with van der Waals surface area (Å²) in [5.41, 5.74) is 6.39. The fourth-order valence-corrected chi connectivity index (χ4v) is 3.12. The maximum atomic E-state index is 2.24. The number of benzene rings is 1. The molecule has 0 aliphatic rings. The Balaban J connectivity index is 2.25. The van der Waals surface area contributed by atoms with E-state index in [2.05, 4.69) is 91.6 Å². The first-order valence-corrected chi connectivity index (χ1v) is 7.25. The van der Waals surface area contributed by atoms with Gasteiger partial charge in [-0.15, -0.1) is 0 Å². The zero-order valence-electron chi connectivity index (χ0n) is 13.4. The maximum Gasteiger partial charge on any atom is 0.255 e. The Labute approximate surface area is 126 Å². The monoisotopic (exact) mass is 280 g/mol. The quantitative estimate of drug-likeness (QED) is 0.656. The van der Waals surface area contributed by atoms with E-state index in [9.17, 15) is 0 Å². The fraction of sp³-hybridized carbons (Fsp3) is 0.278. The molecule has 21 heavy (non-hydrogen) atoms. The highest BCUT2D eigenvalue weighted by Gasteiger charge is 2.16. The predicted molar refractivity (Wildman–Crippen MR) is 87.5 cm³/mol. The number of rotatable bonds is 2. The lowest BCUT2D eigenvalue weighted by Gasteiger charge is -2.09. The van der Waals surface area contributed by atoms with Crippen LogP contribution in [-0.2, 0) is 0 Å². The summed E-state index contributed by atoms with van der Waals surface area (Å²) in [5.74, 6) is 1.17. The average molecular weight is 280 g/mol. The third kappa shape index (κ3) is 2.29. The Kier molecular flexibility index (Phi) is 3.20. The molecule has 1 aromatic carbocycles. The van der Waals surface area contributed by atoms with Crippen LogP contribution in [0.25, 0.3) is 11.2 Å². The molecule has 2 heterocycles. The van der Waals surface area contributed by atoms with Gasteiger partial charge in [-0.2, -0.15) is 4.40 Å². The molecule has 3 aromatic rings. The van der Waals surface area contributed by atoms with Crippen LogP contribution in [-0.4, -0.2) is 18.5 Å². The van der Waals surface area contributed by atoms with Crippen LogP contribution in [0.2, 0.25) is 0 Å². The summed E-state index contributed by atoms with van der Waals surface area (Å²) in [4.78, 5) is 2.13. The van der Waals surface area contributed by atoms with Gasteiger partial charge in [-0.1, -0.05) is 23.8 Å². The third-order valence-electron chi connectivity index (χ3n) is 3.90. The maximum absolute atomic E-state index is 2.24. The van der Waals surface area contributed by atoms with Crippen LogP contribution < -0.4 is 9.47 Å². The van der Waals surface area contributed by atoms with Crippen LogP contribution in [0.3, 0.4) is 0 Å². The molecular formula is C18H22N3+. The van der Waals surface area contributed by atoms with Gasteiger partial charge in [0.05, 0.1) is 0 Å². The van der Waals surface area contributed by atoms with Crippen LogP contribution in [0, 0.1) is 20.8 Å². The molecule has 3 nitrogen and oxygen atoms in total. The number of pyridine rings is 1. The van der Waals surface area contributed by atoms with Crippen LogP contribution in [0.4, 0.5) is 5.82 Å². The number of anilines is 1. The molecule has 0 bridgehead atoms. The molecule has 0 amide bonds. The second-order valence-electron chi connectivity index (χ2n) is 5.97. The minimum absolute atomic E-state index is 1.17. The zero-order chi connectivity index (χ0) is 15.1. The van der Waals surface area contributed by atoms with E-state index in [1.165, 1.54) is 33.7 Å². The number of fused-ring (bicyclic) bond motifs is 1. The normalized spacial score (nSPS) is 11.1. The average Bonchev–Trinajstić information content (AvgIpc) is 2.79. The molecule has 0 spiro atoms. The van der Waals surface area contributed by atoms with Crippen LogP contribution in [0.5, 0.6) is 0 Å². The second-order valence-corrected chi connectivity index (χ2v) is 5.97. The van der Waals surface area contributed by atoms with Gasteiger partial charge in [-0.05, 0) is 38.0 Å². The number of imidazole rings is 1. The molecule has 0 aliphatic heterocycles.